The summed E-state index contributed by atoms with van der Waals surface area (Å²) >= 11 is 0. The molecule has 4 unspecified atom stereocenters. The largest absolute Gasteiger partial charge is 0.393 e. The van der Waals surface area contributed by atoms with E-state index in [2.05, 4.69) is 6.92 Å². The predicted octanol–water partition coefficient (Wildman–Crippen LogP) is 6.84. The third-order valence-electron chi connectivity index (χ3n) is 9.07. The molecule has 27 heavy (non-hydrogen) atoms. The number of aliphatic hydroxyl groups excluding tert-OH is 1. The van der Waals surface area contributed by atoms with E-state index in [1.807, 2.05) is 20.8 Å². The van der Waals surface area contributed by atoms with Crippen molar-refractivity contribution in [1.29, 1.82) is 0 Å². The Labute approximate surface area is 163 Å². The predicted molar refractivity (Wildman–Crippen MR) is 103 cm³/mol. The fraction of sp³-hybridized carbons (Fsp3) is 1.00. The Balaban J connectivity index is 0.00000102. The van der Waals surface area contributed by atoms with Gasteiger partial charge in [-0.1, -0.05) is 20.8 Å². The van der Waals surface area contributed by atoms with E-state index in [9.17, 15) is 18.3 Å². The van der Waals surface area contributed by atoms with E-state index in [0.717, 1.165) is 25.7 Å². The topological polar surface area (TPSA) is 20.2 Å². The molecule has 0 saturated heterocycles. The highest BCUT2D eigenvalue weighted by Crippen LogP contribution is 2.65. The van der Waals surface area contributed by atoms with Gasteiger partial charge in [-0.2, -0.15) is 13.2 Å². The monoisotopic (exact) mass is 388 g/mol. The van der Waals surface area contributed by atoms with E-state index in [1.54, 1.807) is 0 Å². The number of alkyl halides is 3. The van der Waals surface area contributed by atoms with Crippen LogP contribution in [-0.4, -0.2) is 17.4 Å². The molecule has 1 N–H and O–H groups in total. The first-order chi connectivity index (χ1) is 12.7. The van der Waals surface area contributed by atoms with Crippen LogP contribution in [0.4, 0.5) is 13.2 Å². The SMILES string of the molecule is CC.CC(O)C1CCC2[C@@H]3CC[C@@H]4C[C@@H](C(F)(F)F)CC[C@@H]4C3CC[C@]12C. The van der Waals surface area contributed by atoms with E-state index in [1.165, 1.54) is 19.3 Å². The average Bonchev–Trinajstić information content (AvgIpc) is 2.99. The Bertz CT molecular complexity index is 502. The molecule has 4 fully saturated rings. The molecule has 0 aromatic carbocycles. The molecule has 4 rings (SSSR count). The number of aliphatic hydroxyl groups is 1. The lowest BCUT2D eigenvalue weighted by molar-refractivity contribution is -0.196. The second-order valence-corrected chi connectivity index (χ2v) is 9.96. The smallest absolute Gasteiger partial charge is 0.391 e. The molecule has 0 bridgehead atoms. The number of hydrogen-bond donors (Lipinski definition) is 1. The lowest BCUT2D eigenvalue weighted by atomic mass is 9.49. The van der Waals surface area contributed by atoms with Gasteiger partial charge in [0.05, 0.1) is 12.0 Å². The van der Waals surface area contributed by atoms with Crippen molar-refractivity contribution in [2.24, 2.45) is 46.8 Å². The zero-order valence-corrected chi connectivity index (χ0v) is 17.6. The first kappa shape index (κ1) is 21.5. The first-order valence-corrected chi connectivity index (χ1v) is 11.5. The number of halogens is 3. The molecule has 0 aromatic rings. The van der Waals surface area contributed by atoms with Gasteiger partial charge < -0.3 is 5.11 Å². The minimum atomic E-state index is -4.00. The maximum atomic E-state index is 13.2. The maximum Gasteiger partial charge on any atom is 0.391 e. The van der Waals surface area contributed by atoms with Gasteiger partial charge in [-0.05, 0) is 106 Å². The van der Waals surface area contributed by atoms with E-state index in [4.69, 9.17) is 0 Å². The quantitative estimate of drug-likeness (QED) is 0.521. The summed E-state index contributed by atoms with van der Waals surface area (Å²) in [7, 11) is 0. The fourth-order valence-electron chi connectivity index (χ4n) is 7.98. The molecule has 4 heteroatoms. The Morgan fingerprint density at radius 3 is 2.19 bits per heavy atom. The fourth-order valence-corrected chi connectivity index (χ4v) is 7.98. The molecule has 0 spiro atoms. The van der Waals surface area contributed by atoms with Crippen molar-refractivity contribution >= 4 is 0 Å². The van der Waals surface area contributed by atoms with Gasteiger partial charge in [0.2, 0.25) is 0 Å². The highest BCUT2D eigenvalue weighted by atomic mass is 19.4. The Morgan fingerprint density at radius 2 is 1.56 bits per heavy atom. The van der Waals surface area contributed by atoms with Crippen LogP contribution in [0.1, 0.15) is 85.5 Å². The molecule has 0 radical (unpaired) electrons. The Kier molecular flexibility index (Phi) is 6.26. The summed E-state index contributed by atoms with van der Waals surface area (Å²) in [6, 6.07) is 0. The van der Waals surface area contributed by atoms with Crippen LogP contribution in [0.3, 0.4) is 0 Å². The maximum absolute atomic E-state index is 13.2. The third kappa shape index (κ3) is 3.69. The van der Waals surface area contributed by atoms with Gasteiger partial charge >= 0.3 is 6.18 Å². The second-order valence-electron chi connectivity index (χ2n) is 9.96. The number of rotatable bonds is 1. The van der Waals surface area contributed by atoms with Crippen molar-refractivity contribution in [2.75, 3.05) is 0 Å². The summed E-state index contributed by atoms with van der Waals surface area (Å²) < 4.78 is 39.5. The van der Waals surface area contributed by atoms with Gasteiger partial charge in [-0.25, -0.2) is 0 Å². The molecule has 4 aliphatic carbocycles. The van der Waals surface area contributed by atoms with Crippen LogP contribution in [-0.2, 0) is 0 Å². The summed E-state index contributed by atoms with van der Waals surface area (Å²) in [5.41, 5.74) is 0.255. The van der Waals surface area contributed by atoms with E-state index >= 15 is 0 Å². The molecular weight excluding hydrogens is 349 g/mol. The molecule has 1 nitrogen and oxygen atoms in total. The van der Waals surface area contributed by atoms with E-state index < -0.39 is 12.1 Å². The van der Waals surface area contributed by atoms with Crippen molar-refractivity contribution in [1.82, 2.24) is 0 Å². The Morgan fingerprint density at radius 1 is 0.889 bits per heavy atom. The zero-order chi connectivity index (χ0) is 20.0. The van der Waals surface area contributed by atoms with Crippen molar-refractivity contribution in [2.45, 2.75) is 97.8 Å². The van der Waals surface area contributed by atoms with Crippen LogP contribution < -0.4 is 0 Å². The van der Waals surface area contributed by atoms with Crippen LogP contribution >= 0.6 is 0 Å². The standard InChI is InChI=1S/C21H33F3O.C2H6/c1-12(25)18-7-8-19-17-5-3-13-11-14(21(22,23)24)4-6-15(13)16(17)9-10-20(18,19)2;1-2/h12-19,25H,3-11H2,1-2H3;1-2H3/t12?,13-,14+,15+,16?,17-,18?,19?,20-;/m1./s1. The van der Waals surface area contributed by atoms with Gasteiger partial charge in [0.25, 0.3) is 0 Å². The van der Waals surface area contributed by atoms with Crippen LogP contribution in [0.5, 0.6) is 0 Å². The summed E-state index contributed by atoms with van der Waals surface area (Å²) in [5.74, 6) is 2.24. The lowest BCUT2D eigenvalue weighted by Crippen LogP contribution is -2.50. The van der Waals surface area contributed by atoms with Crippen LogP contribution in [0.2, 0.25) is 0 Å². The Hall–Kier alpha value is -0.250. The first-order valence-electron chi connectivity index (χ1n) is 11.5. The molecule has 0 heterocycles. The van der Waals surface area contributed by atoms with Gasteiger partial charge in [0.1, 0.15) is 0 Å². The molecule has 0 amide bonds. The minimum Gasteiger partial charge on any atom is -0.393 e. The second kappa shape index (κ2) is 7.88. The van der Waals surface area contributed by atoms with Crippen molar-refractivity contribution in [3.8, 4) is 0 Å². The molecule has 158 valence electrons. The van der Waals surface area contributed by atoms with Gasteiger partial charge in [-0.15, -0.1) is 0 Å². The highest BCUT2D eigenvalue weighted by Gasteiger charge is 2.58. The summed E-state index contributed by atoms with van der Waals surface area (Å²) in [5, 5.41) is 10.2. The number of hydrogen-bond acceptors (Lipinski definition) is 1. The van der Waals surface area contributed by atoms with Gasteiger partial charge in [-0.3, -0.25) is 0 Å². The van der Waals surface area contributed by atoms with Crippen molar-refractivity contribution < 1.29 is 18.3 Å². The van der Waals surface area contributed by atoms with Crippen molar-refractivity contribution in [3.05, 3.63) is 0 Å². The zero-order valence-electron chi connectivity index (χ0n) is 17.6. The van der Waals surface area contributed by atoms with Crippen LogP contribution in [0.25, 0.3) is 0 Å². The average molecular weight is 389 g/mol. The third-order valence-corrected chi connectivity index (χ3v) is 9.07. The van der Waals surface area contributed by atoms with E-state index in [0.29, 0.717) is 48.3 Å². The van der Waals surface area contributed by atoms with Gasteiger partial charge in [0, 0.05) is 0 Å². The van der Waals surface area contributed by atoms with Crippen LogP contribution in [0.15, 0.2) is 0 Å². The molecule has 4 aliphatic rings. The van der Waals surface area contributed by atoms with Gasteiger partial charge in [0.15, 0.2) is 0 Å². The molecular formula is C23H39F3O. The highest BCUT2D eigenvalue weighted by molar-refractivity contribution is 5.07. The molecule has 4 saturated carbocycles. The lowest BCUT2D eigenvalue weighted by Gasteiger charge is -2.56. The summed E-state index contributed by atoms with van der Waals surface area (Å²) in [6.45, 7) is 8.34. The molecule has 9 atom stereocenters. The summed E-state index contributed by atoms with van der Waals surface area (Å²) in [4.78, 5) is 0. The molecule has 0 aliphatic heterocycles. The normalized spacial score (nSPS) is 47.8. The van der Waals surface area contributed by atoms with E-state index in [-0.39, 0.29) is 11.5 Å². The molecule has 0 aromatic heterocycles. The van der Waals surface area contributed by atoms with Crippen molar-refractivity contribution in [3.63, 3.8) is 0 Å². The number of fused-ring (bicyclic) bond motifs is 5. The minimum absolute atomic E-state index is 0.231. The summed E-state index contributed by atoms with van der Waals surface area (Å²) in [6.07, 6.45) is 4.13. The van der Waals surface area contributed by atoms with Crippen LogP contribution in [0, 0.1) is 46.8 Å².